The molecule has 0 aliphatic heterocycles. The third kappa shape index (κ3) is 5.59. The van der Waals surface area contributed by atoms with Crippen molar-refractivity contribution in [1.82, 2.24) is 0 Å². The number of amides is 1. The number of carbonyl (C=O) groups is 1. The van der Waals surface area contributed by atoms with Crippen LogP contribution in [0.2, 0.25) is 0 Å². The van der Waals surface area contributed by atoms with Crippen molar-refractivity contribution in [2.75, 3.05) is 24.8 Å². The van der Waals surface area contributed by atoms with Crippen LogP contribution in [0.15, 0.2) is 47.4 Å². The van der Waals surface area contributed by atoms with Crippen LogP contribution in [0.4, 0.5) is 18.9 Å². The average Bonchev–Trinajstić information content (AvgIpc) is 2.60. The van der Waals surface area contributed by atoms with Gasteiger partial charge in [-0.3, -0.25) is 4.79 Å². The van der Waals surface area contributed by atoms with Crippen LogP contribution in [0.5, 0.6) is 11.5 Å². The smallest absolute Gasteiger partial charge is 0.398 e. The minimum Gasteiger partial charge on any atom is -0.493 e. The van der Waals surface area contributed by atoms with E-state index in [4.69, 9.17) is 9.47 Å². The van der Waals surface area contributed by atoms with Crippen LogP contribution in [-0.4, -0.2) is 31.6 Å². The van der Waals surface area contributed by atoms with E-state index in [0.29, 0.717) is 46.0 Å². The van der Waals surface area contributed by atoms with Gasteiger partial charge < -0.3 is 14.8 Å². The van der Waals surface area contributed by atoms with Gasteiger partial charge in [0.05, 0.1) is 25.2 Å². The van der Waals surface area contributed by atoms with Crippen molar-refractivity contribution in [1.29, 1.82) is 0 Å². The molecule has 0 heterocycles. The van der Waals surface area contributed by atoms with Gasteiger partial charge in [-0.15, -0.1) is 11.8 Å². The summed E-state index contributed by atoms with van der Waals surface area (Å²) < 4.78 is 48.0. The average molecular weight is 385 g/mol. The molecular formula is C18H18F3NO3S. The van der Waals surface area contributed by atoms with Crippen LogP contribution in [0.25, 0.3) is 0 Å². The summed E-state index contributed by atoms with van der Waals surface area (Å²) in [5.74, 6) is -0.572. The number of rotatable bonds is 7. The van der Waals surface area contributed by atoms with Gasteiger partial charge in [-0.05, 0) is 37.3 Å². The van der Waals surface area contributed by atoms with Crippen molar-refractivity contribution < 1.29 is 27.4 Å². The normalized spacial score (nSPS) is 11.1. The van der Waals surface area contributed by atoms with Crippen molar-refractivity contribution >= 4 is 23.4 Å². The second-order valence-corrected chi connectivity index (χ2v) is 6.17. The summed E-state index contributed by atoms with van der Waals surface area (Å²) in [6.07, 6.45) is -4.29. The molecule has 0 spiro atoms. The zero-order chi connectivity index (χ0) is 19.2. The van der Waals surface area contributed by atoms with Crippen LogP contribution in [-0.2, 0) is 0 Å². The molecule has 0 atom stereocenters. The van der Waals surface area contributed by atoms with E-state index < -0.39 is 17.8 Å². The van der Waals surface area contributed by atoms with Crippen LogP contribution in [0.1, 0.15) is 17.3 Å². The van der Waals surface area contributed by atoms with Gasteiger partial charge >= 0.3 is 6.18 Å². The highest BCUT2D eigenvalue weighted by molar-refractivity contribution is 7.99. The molecule has 0 unspecified atom stereocenters. The molecule has 4 nitrogen and oxygen atoms in total. The molecule has 26 heavy (non-hydrogen) atoms. The molecule has 0 radical (unpaired) electrons. The molecule has 1 amide bonds. The van der Waals surface area contributed by atoms with Gasteiger partial charge in [-0.2, -0.15) is 13.2 Å². The number of thioether (sulfide) groups is 1. The molecule has 1 N–H and O–H groups in total. The third-order valence-electron chi connectivity index (χ3n) is 3.25. The van der Waals surface area contributed by atoms with Gasteiger partial charge in [-0.25, -0.2) is 0 Å². The van der Waals surface area contributed by atoms with E-state index in [0.717, 1.165) is 0 Å². The number of carbonyl (C=O) groups excluding carboxylic acids is 1. The van der Waals surface area contributed by atoms with E-state index in [2.05, 4.69) is 5.32 Å². The molecular weight excluding hydrogens is 367 g/mol. The number of alkyl halides is 3. The van der Waals surface area contributed by atoms with Crippen LogP contribution in [0.3, 0.4) is 0 Å². The van der Waals surface area contributed by atoms with Crippen molar-refractivity contribution in [2.24, 2.45) is 0 Å². The van der Waals surface area contributed by atoms with Gasteiger partial charge in [0.15, 0.2) is 11.5 Å². The number of nitrogens with one attached hydrogen (secondary N) is 1. The second kappa shape index (κ2) is 8.84. The maximum atomic E-state index is 12.5. The Morgan fingerprint density at radius 1 is 1.15 bits per heavy atom. The zero-order valence-corrected chi connectivity index (χ0v) is 15.0. The Labute approximate surface area is 153 Å². The molecule has 0 saturated heterocycles. The van der Waals surface area contributed by atoms with Gasteiger partial charge in [-0.1, -0.05) is 12.1 Å². The molecule has 0 bridgehead atoms. The Morgan fingerprint density at radius 3 is 2.54 bits per heavy atom. The summed E-state index contributed by atoms with van der Waals surface area (Å²) in [5, 5.41) is 2.65. The fourth-order valence-corrected chi connectivity index (χ4v) is 2.90. The molecule has 2 aromatic carbocycles. The summed E-state index contributed by atoms with van der Waals surface area (Å²) in [7, 11) is 1.49. The number of anilines is 1. The van der Waals surface area contributed by atoms with E-state index >= 15 is 0 Å². The minimum atomic E-state index is -4.29. The fraction of sp³-hybridized carbons (Fsp3) is 0.278. The number of benzene rings is 2. The minimum absolute atomic E-state index is 0.310. The Morgan fingerprint density at radius 2 is 1.88 bits per heavy atom. The van der Waals surface area contributed by atoms with Crippen LogP contribution < -0.4 is 14.8 Å². The molecule has 0 fully saturated rings. The Balaban J connectivity index is 2.18. The van der Waals surface area contributed by atoms with Gasteiger partial charge in [0.1, 0.15) is 0 Å². The van der Waals surface area contributed by atoms with E-state index in [1.807, 2.05) is 0 Å². The predicted octanol–water partition coefficient (Wildman–Crippen LogP) is 5.00. The maximum absolute atomic E-state index is 12.5. The van der Waals surface area contributed by atoms with Gasteiger partial charge in [0, 0.05) is 10.5 Å². The highest BCUT2D eigenvalue weighted by Crippen LogP contribution is 2.33. The van der Waals surface area contributed by atoms with Crippen molar-refractivity contribution in [3.05, 3.63) is 48.0 Å². The first kappa shape index (κ1) is 20.0. The lowest BCUT2D eigenvalue weighted by molar-refractivity contribution is -0.105. The lowest BCUT2D eigenvalue weighted by atomic mass is 10.2. The Bertz CT molecular complexity index is 766. The lowest BCUT2D eigenvalue weighted by Crippen LogP contribution is -2.14. The molecule has 2 aromatic rings. The standard InChI is InChI=1S/C18H18F3NO3S/c1-3-25-15-10-12(8-9-14(15)24-2)17(23)22-13-6-4-5-7-16(13)26-11-18(19,20)21/h4-10H,3,11H2,1-2H3,(H,22,23). The lowest BCUT2D eigenvalue weighted by Gasteiger charge is -2.13. The summed E-state index contributed by atoms with van der Waals surface area (Å²) >= 11 is 0.624. The predicted molar refractivity (Wildman–Crippen MR) is 95.3 cm³/mol. The fourth-order valence-electron chi connectivity index (χ4n) is 2.14. The maximum Gasteiger partial charge on any atom is 0.398 e. The largest absolute Gasteiger partial charge is 0.493 e. The van der Waals surface area contributed by atoms with E-state index in [9.17, 15) is 18.0 Å². The van der Waals surface area contributed by atoms with Gasteiger partial charge in [0.25, 0.3) is 5.91 Å². The van der Waals surface area contributed by atoms with Crippen LogP contribution in [0, 0.1) is 0 Å². The summed E-state index contributed by atoms with van der Waals surface area (Å²) in [6.45, 7) is 2.21. The van der Waals surface area contributed by atoms with Crippen molar-refractivity contribution in [3.8, 4) is 11.5 Å². The molecule has 0 saturated carbocycles. The molecule has 2 rings (SSSR count). The summed E-state index contributed by atoms with van der Waals surface area (Å²) in [4.78, 5) is 12.8. The number of hydrogen-bond donors (Lipinski definition) is 1. The summed E-state index contributed by atoms with van der Waals surface area (Å²) in [6, 6.07) is 11.0. The summed E-state index contributed by atoms with van der Waals surface area (Å²) in [5.41, 5.74) is 0.630. The number of halogens is 3. The first-order valence-corrected chi connectivity index (χ1v) is 8.73. The second-order valence-electron chi connectivity index (χ2n) is 5.15. The Kier molecular flexibility index (Phi) is 6.79. The SMILES string of the molecule is CCOc1cc(C(=O)Nc2ccccc2SCC(F)(F)F)ccc1OC. The van der Waals surface area contributed by atoms with Crippen molar-refractivity contribution in [2.45, 2.75) is 18.0 Å². The van der Waals surface area contributed by atoms with E-state index in [-0.39, 0.29) is 0 Å². The molecule has 8 heteroatoms. The number of hydrogen-bond acceptors (Lipinski definition) is 4. The first-order valence-electron chi connectivity index (χ1n) is 7.75. The number of ether oxygens (including phenoxy) is 2. The quantitative estimate of drug-likeness (QED) is 0.682. The monoisotopic (exact) mass is 385 g/mol. The number of methoxy groups -OCH3 is 1. The number of para-hydroxylation sites is 1. The molecule has 0 aromatic heterocycles. The first-order chi connectivity index (χ1) is 12.3. The topological polar surface area (TPSA) is 47.6 Å². The van der Waals surface area contributed by atoms with E-state index in [1.54, 1.807) is 37.3 Å². The molecule has 0 aliphatic rings. The third-order valence-corrected chi connectivity index (χ3v) is 4.39. The highest BCUT2D eigenvalue weighted by Gasteiger charge is 2.27. The zero-order valence-electron chi connectivity index (χ0n) is 14.2. The van der Waals surface area contributed by atoms with E-state index in [1.165, 1.54) is 19.2 Å². The van der Waals surface area contributed by atoms with Crippen LogP contribution >= 0.6 is 11.8 Å². The Hall–Kier alpha value is -2.35. The van der Waals surface area contributed by atoms with Gasteiger partial charge in [0.2, 0.25) is 0 Å². The van der Waals surface area contributed by atoms with Crippen molar-refractivity contribution in [3.63, 3.8) is 0 Å². The molecule has 0 aliphatic carbocycles. The molecule has 140 valence electrons. The highest BCUT2D eigenvalue weighted by atomic mass is 32.2.